The summed E-state index contributed by atoms with van der Waals surface area (Å²) in [5.41, 5.74) is 1.25. The van der Waals surface area contributed by atoms with Crippen molar-refractivity contribution < 1.29 is 4.39 Å². The summed E-state index contributed by atoms with van der Waals surface area (Å²) < 4.78 is 19.0. The Kier molecular flexibility index (Phi) is 4.40. The molecule has 0 fully saturated rings. The summed E-state index contributed by atoms with van der Waals surface area (Å²) in [6.45, 7) is 0. The summed E-state index contributed by atoms with van der Waals surface area (Å²) in [5, 5.41) is 11.4. The highest BCUT2D eigenvalue weighted by molar-refractivity contribution is 5.57. The van der Waals surface area contributed by atoms with Gasteiger partial charge >= 0.3 is 0 Å². The zero-order chi connectivity index (χ0) is 21.4. The van der Waals surface area contributed by atoms with Crippen molar-refractivity contribution in [3.63, 3.8) is 0 Å². The van der Waals surface area contributed by atoms with E-state index in [0.717, 1.165) is 5.69 Å². The van der Waals surface area contributed by atoms with Crippen molar-refractivity contribution in [2.45, 2.75) is 0 Å². The Morgan fingerprint density at radius 3 is 2.48 bits per heavy atom. The van der Waals surface area contributed by atoms with Crippen LogP contribution in [0.25, 0.3) is 28.5 Å². The van der Waals surface area contributed by atoms with Crippen molar-refractivity contribution in [1.29, 1.82) is 0 Å². The van der Waals surface area contributed by atoms with Crippen LogP contribution in [0.1, 0.15) is 0 Å². The fourth-order valence-corrected chi connectivity index (χ4v) is 3.32. The van der Waals surface area contributed by atoms with Crippen molar-refractivity contribution in [1.82, 2.24) is 29.3 Å². The quantitative estimate of drug-likeness (QED) is 0.490. The molecule has 152 valence electrons. The minimum Gasteiger partial charge on any atom is -0.298 e. The van der Waals surface area contributed by atoms with Crippen LogP contribution in [0.15, 0.2) is 94.9 Å². The molecule has 8 nitrogen and oxygen atoms in total. The van der Waals surface area contributed by atoms with Gasteiger partial charge in [-0.15, -0.1) is 0 Å². The molecule has 9 heteroatoms. The molecule has 0 radical (unpaired) electrons. The molecule has 5 rings (SSSR count). The SMILES string of the molecule is O=c1ccn(-c2ccc(-n3[nH]ccc3=O)cc2F)nc1-c1ccnn1-c1ccccc1. The largest absolute Gasteiger partial charge is 0.298 e. The molecule has 31 heavy (non-hydrogen) atoms. The van der Waals surface area contributed by atoms with Crippen LogP contribution in [0.4, 0.5) is 4.39 Å². The van der Waals surface area contributed by atoms with Gasteiger partial charge in [-0.25, -0.2) is 18.4 Å². The first kappa shape index (κ1) is 18.5. The van der Waals surface area contributed by atoms with E-state index in [2.05, 4.69) is 15.3 Å². The number of aromatic nitrogens is 6. The molecule has 0 spiro atoms. The number of rotatable bonds is 4. The van der Waals surface area contributed by atoms with Gasteiger partial charge < -0.3 is 0 Å². The first-order chi connectivity index (χ1) is 15.1. The predicted molar refractivity (Wildman–Crippen MR) is 112 cm³/mol. The predicted octanol–water partition coefficient (Wildman–Crippen LogP) is 2.70. The van der Waals surface area contributed by atoms with Crippen molar-refractivity contribution in [2.75, 3.05) is 0 Å². The maximum atomic E-state index is 14.9. The normalized spacial score (nSPS) is 11.0. The van der Waals surface area contributed by atoms with Gasteiger partial charge in [0.05, 0.1) is 23.3 Å². The average Bonchev–Trinajstić information content (AvgIpc) is 3.44. The highest BCUT2D eigenvalue weighted by atomic mass is 19.1. The summed E-state index contributed by atoms with van der Waals surface area (Å²) >= 11 is 0. The van der Waals surface area contributed by atoms with E-state index in [-0.39, 0.29) is 22.4 Å². The van der Waals surface area contributed by atoms with Gasteiger partial charge in [0.2, 0.25) is 5.43 Å². The third-order valence-corrected chi connectivity index (χ3v) is 4.78. The molecule has 0 atom stereocenters. The van der Waals surface area contributed by atoms with Crippen molar-refractivity contribution in [2.24, 2.45) is 0 Å². The summed E-state index contributed by atoms with van der Waals surface area (Å²) in [4.78, 5) is 24.4. The van der Waals surface area contributed by atoms with Gasteiger partial charge in [0.1, 0.15) is 5.69 Å². The molecule has 5 aromatic rings. The molecule has 0 saturated carbocycles. The number of hydrogen-bond donors (Lipinski definition) is 1. The lowest BCUT2D eigenvalue weighted by Crippen LogP contribution is -2.16. The molecular weight excluding hydrogens is 399 g/mol. The van der Waals surface area contributed by atoms with E-state index in [1.54, 1.807) is 23.0 Å². The van der Waals surface area contributed by atoms with Gasteiger partial charge in [0.25, 0.3) is 5.56 Å². The number of para-hydroxylation sites is 1. The molecule has 0 bridgehead atoms. The third-order valence-electron chi connectivity index (χ3n) is 4.78. The van der Waals surface area contributed by atoms with E-state index >= 15 is 0 Å². The molecule has 3 aromatic heterocycles. The Bertz CT molecular complexity index is 1500. The van der Waals surface area contributed by atoms with Gasteiger partial charge in [-0.05, 0) is 30.3 Å². The summed E-state index contributed by atoms with van der Waals surface area (Å²) in [6, 6.07) is 18.0. The molecule has 0 aliphatic rings. The highest BCUT2D eigenvalue weighted by Crippen LogP contribution is 2.20. The number of aromatic amines is 1. The number of nitrogens with zero attached hydrogens (tertiary/aromatic N) is 5. The smallest absolute Gasteiger partial charge is 0.271 e. The zero-order valence-corrected chi connectivity index (χ0v) is 16.0. The van der Waals surface area contributed by atoms with E-state index in [0.29, 0.717) is 11.4 Å². The number of nitrogens with one attached hydrogen (secondary N) is 1. The molecule has 2 aromatic carbocycles. The lowest BCUT2D eigenvalue weighted by molar-refractivity contribution is 0.606. The Hall–Kier alpha value is -4.53. The monoisotopic (exact) mass is 414 g/mol. The fourth-order valence-electron chi connectivity index (χ4n) is 3.32. The van der Waals surface area contributed by atoms with Crippen LogP contribution < -0.4 is 11.0 Å². The molecule has 0 aliphatic heterocycles. The molecule has 0 aliphatic carbocycles. The minimum absolute atomic E-state index is 0.132. The van der Waals surface area contributed by atoms with Gasteiger partial charge in [-0.2, -0.15) is 10.2 Å². The Morgan fingerprint density at radius 2 is 1.74 bits per heavy atom. The van der Waals surface area contributed by atoms with Crippen molar-refractivity contribution >= 4 is 0 Å². The number of H-pyrrole nitrogens is 1. The third kappa shape index (κ3) is 3.27. The van der Waals surface area contributed by atoms with Crippen LogP contribution in [0.5, 0.6) is 0 Å². The molecule has 3 heterocycles. The molecule has 0 amide bonds. The van der Waals surface area contributed by atoms with E-state index in [4.69, 9.17) is 0 Å². The lowest BCUT2D eigenvalue weighted by Gasteiger charge is -2.11. The second-order valence-electron chi connectivity index (χ2n) is 6.71. The Morgan fingerprint density at radius 1 is 0.903 bits per heavy atom. The van der Waals surface area contributed by atoms with Gasteiger partial charge in [-0.1, -0.05) is 18.2 Å². The summed E-state index contributed by atoms with van der Waals surface area (Å²) in [6.07, 6.45) is 4.44. The highest BCUT2D eigenvalue weighted by Gasteiger charge is 2.15. The Balaban J connectivity index is 1.60. The number of benzene rings is 2. The standard InChI is InChI=1S/C22H15FN6O2/c23-17-14-16(29-21(31)9-12-25-29)6-7-18(17)27-13-10-20(30)22(26-27)19-8-11-24-28(19)15-4-2-1-3-5-15/h1-14,25H. The lowest BCUT2D eigenvalue weighted by atomic mass is 10.2. The van der Waals surface area contributed by atoms with Gasteiger partial charge in [-0.3, -0.25) is 14.7 Å². The van der Waals surface area contributed by atoms with E-state index in [1.165, 1.54) is 46.0 Å². The van der Waals surface area contributed by atoms with E-state index in [1.807, 2.05) is 30.3 Å². The summed E-state index contributed by atoms with van der Waals surface area (Å²) in [7, 11) is 0. The second-order valence-corrected chi connectivity index (χ2v) is 6.71. The number of hydrogen-bond acceptors (Lipinski definition) is 4. The maximum Gasteiger partial charge on any atom is 0.271 e. The first-order valence-corrected chi connectivity index (χ1v) is 9.38. The topological polar surface area (TPSA) is 90.5 Å². The van der Waals surface area contributed by atoms with Gasteiger partial charge in [0, 0.05) is 30.6 Å². The Labute approximate surface area is 174 Å². The maximum absolute atomic E-state index is 14.9. The average molecular weight is 414 g/mol. The molecule has 0 saturated heterocycles. The molecule has 1 N–H and O–H groups in total. The van der Waals surface area contributed by atoms with Gasteiger partial charge in [0.15, 0.2) is 11.5 Å². The zero-order valence-electron chi connectivity index (χ0n) is 16.0. The fraction of sp³-hybridized carbons (Fsp3) is 0. The van der Waals surface area contributed by atoms with Crippen LogP contribution in [-0.4, -0.2) is 29.3 Å². The first-order valence-electron chi connectivity index (χ1n) is 9.38. The van der Waals surface area contributed by atoms with Crippen molar-refractivity contribution in [3.8, 4) is 28.5 Å². The molecular formula is C22H15FN6O2. The van der Waals surface area contributed by atoms with Crippen LogP contribution in [0.3, 0.4) is 0 Å². The second kappa shape index (κ2) is 7.38. The van der Waals surface area contributed by atoms with Crippen LogP contribution in [0, 0.1) is 5.82 Å². The minimum atomic E-state index is -0.599. The van der Waals surface area contributed by atoms with E-state index in [9.17, 15) is 14.0 Å². The number of halogens is 1. The molecule has 0 unspecified atom stereocenters. The summed E-state index contributed by atoms with van der Waals surface area (Å²) in [5.74, 6) is -0.599. The van der Waals surface area contributed by atoms with Crippen LogP contribution in [0.2, 0.25) is 0 Å². The van der Waals surface area contributed by atoms with Crippen molar-refractivity contribution in [3.05, 3.63) is 112 Å². The van der Waals surface area contributed by atoms with Crippen LogP contribution >= 0.6 is 0 Å². The van der Waals surface area contributed by atoms with Crippen LogP contribution in [-0.2, 0) is 0 Å². The van der Waals surface area contributed by atoms with E-state index < -0.39 is 5.82 Å².